The van der Waals surface area contributed by atoms with Crippen LogP contribution >= 0.6 is 0 Å². The molecule has 1 aliphatic carbocycles. The number of rotatable bonds is 18. The van der Waals surface area contributed by atoms with Gasteiger partial charge in [-0.2, -0.15) is 22.5 Å². The highest BCUT2D eigenvalue weighted by Gasteiger charge is 2.39. The molecular formula is C25H43N9O9S. The van der Waals surface area contributed by atoms with Gasteiger partial charge in [0.15, 0.2) is 6.04 Å². The molecule has 3 aliphatic rings. The van der Waals surface area contributed by atoms with Gasteiger partial charge in [-0.25, -0.2) is 0 Å². The number of nitroso groups, excluding NO2 is 1. The molecule has 0 aromatic rings. The van der Waals surface area contributed by atoms with E-state index in [1.165, 1.54) is 4.90 Å². The number of hydrogen-bond donors (Lipinski definition) is 5. The Morgan fingerprint density at radius 2 is 1.84 bits per heavy atom. The van der Waals surface area contributed by atoms with Crippen LogP contribution in [0.3, 0.4) is 0 Å². The molecule has 248 valence electrons. The highest BCUT2D eigenvalue weighted by Crippen LogP contribution is 2.27. The number of ether oxygens (including phenoxy) is 1. The molecule has 2 heterocycles. The van der Waals surface area contributed by atoms with Crippen LogP contribution in [0.1, 0.15) is 44.9 Å². The second-order valence-corrected chi connectivity index (χ2v) is 12.8. The summed E-state index contributed by atoms with van der Waals surface area (Å²) in [6, 6.07) is -3.01. The number of hydrazone groups is 1. The fraction of sp³-hybridized carbons (Fsp3) is 0.800. The first kappa shape index (κ1) is 35.1. The van der Waals surface area contributed by atoms with Gasteiger partial charge in [-0.3, -0.25) is 19.2 Å². The first-order chi connectivity index (χ1) is 21.0. The number of morpholine rings is 1. The molecule has 0 spiro atoms. The molecule has 18 nitrogen and oxygen atoms in total. The van der Waals surface area contributed by atoms with Crippen molar-refractivity contribution in [1.29, 1.82) is 0 Å². The van der Waals surface area contributed by atoms with Crippen LogP contribution < -0.4 is 21.2 Å². The smallest absolute Gasteiger partial charge is 0.303 e. The summed E-state index contributed by atoms with van der Waals surface area (Å²) in [5, 5.41) is 20.4. The Bertz CT molecular complexity index is 1150. The zero-order valence-corrected chi connectivity index (χ0v) is 25.5. The van der Waals surface area contributed by atoms with Gasteiger partial charge in [-0.15, -0.1) is 4.91 Å². The fourth-order valence-electron chi connectivity index (χ4n) is 5.17. The Balaban J connectivity index is 1.65. The van der Waals surface area contributed by atoms with E-state index >= 15 is 0 Å². The second kappa shape index (κ2) is 17.2. The van der Waals surface area contributed by atoms with Crippen molar-refractivity contribution in [2.45, 2.75) is 63.1 Å². The Morgan fingerprint density at radius 3 is 2.48 bits per heavy atom. The van der Waals surface area contributed by atoms with Crippen LogP contribution in [0.2, 0.25) is 0 Å². The summed E-state index contributed by atoms with van der Waals surface area (Å²) in [5.74, 6) is 2.31. The van der Waals surface area contributed by atoms with Gasteiger partial charge in [0.25, 0.3) is 10.2 Å². The lowest BCUT2D eigenvalue weighted by Crippen LogP contribution is -2.56. The van der Waals surface area contributed by atoms with Gasteiger partial charge >= 0.3 is 5.97 Å². The third-order valence-corrected chi connectivity index (χ3v) is 9.27. The highest BCUT2D eigenvalue weighted by atomic mass is 32.2. The average Bonchev–Trinajstić information content (AvgIpc) is 3.84. The van der Waals surface area contributed by atoms with Gasteiger partial charge in [0.2, 0.25) is 17.7 Å². The summed E-state index contributed by atoms with van der Waals surface area (Å²) >= 11 is 0. The van der Waals surface area contributed by atoms with Crippen molar-refractivity contribution in [1.82, 2.24) is 29.5 Å². The molecule has 3 rings (SSSR count). The van der Waals surface area contributed by atoms with Crippen LogP contribution in [0.4, 0.5) is 0 Å². The SMILES string of the molecule is NN=CN1CCC[C@@H](CNC(=O)C[C@H](NS(=O)(=O)N2CCOCC2)C(=O)N(CCNC(=O)C(CCC(=O)O)N=O)C2CC2)C1. The largest absolute Gasteiger partial charge is 0.481 e. The molecule has 3 fully saturated rings. The molecule has 2 saturated heterocycles. The number of nitrogens with one attached hydrogen (secondary N) is 3. The molecule has 0 bridgehead atoms. The number of amides is 3. The van der Waals surface area contributed by atoms with Crippen LogP contribution in [0.15, 0.2) is 10.3 Å². The summed E-state index contributed by atoms with van der Waals surface area (Å²) in [4.78, 5) is 64.4. The van der Waals surface area contributed by atoms with E-state index in [9.17, 15) is 32.5 Å². The van der Waals surface area contributed by atoms with Crippen LogP contribution in [0.5, 0.6) is 0 Å². The molecule has 44 heavy (non-hydrogen) atoms. The summed E-state index contributed by atoms with van der Waals surface area (Å²) in [7, 11) is -4.15. The third-order valence-electron chi connectivity index (χ3n) is 7.64. The van der Waals surface area contributed by atoms with Crippen molar-refractivity contribution in [3.63, 3.8) is 0 Å². The van der Waals surface area contributed by atoms with Crippen LogP contribution in [0.25, 0.3) is 0 Å². The van der Waals surface area contributed by atoms with E-state index in [2.05, 4.69) is 25.6 Å². The Morgan fingerprint density at radius 1 is 1.11 bits per heavy atom. The van der Waals surface area contributed by atoms with Crippen LogP contribution in [0, 0.1) is 10.8 Å². The van der Waals surface area contributed by atoms with Crippen molar-refractivity contribution in [2.75, 3.05) is 59.0 Å². The second-order valence-electron chi connectivity index (χ2n) is 11.1. The normalized spacial score (nSPS) is 20.9. The van der Waals surface area contributed by atoms with E-state index in [-0.39, 0.29) is 57.8 Å². The van der Waals surface area contributed by atoms with Crippen LogP contribution in [-0.4, -0.2) is 135 Å². The molecular weight excluding hydrogens is 602 g/mol. The summed E-state index contributed by atoms with van der Waals surface area (Å²) in [6.07, 6.45) is 3.52. The number of carboxylic acids is 1. The molecule has 3 amide bonds. The first-order valence-electron chi connectivity index (χ1n) is 14.8. The summed E-state index contributed by atoms with van der Waals surface area (Å²) in [6.45, 7) is 2.27. The molecule has 6 N–H and O–H groups in total. The quantitative estimate of drug-likeness (QED) is 0.0350. The van der Waals surface area contributed by atoms with E-state index in [0.29, 0.717) is 25.9 Å². The van der Waals surface area contributed by atoms with Gasteiger partial charge in [-0.05, 0) is 38.0 Å². The maximum absolute atomic E-state index is 13.8. The predicted molar refractivity (Wildman–Crippen MR) is 157 cm³/mol. The number of piperidine rings is 1. The lowest BCUT2D eigenvalue weighted by Gasteiger charge is -2.32. The molecule has 0 radical (unpaired) electrons. The number of aliphatic carboxylic acids is 1. The van der Waals surface area contributed by atoms with E-state index in [4.69, 9.17) is 15.7 Å². The maximum atomic E-state index is 13.8. The number of carboxylic acid groups (broad SMARTS) is 1. The Kier molecular flexibility index (Phi) is 13.7. The first-order valence-corrected chi connectivity index (χ1v) is 16.2. The minimum Gasteiger partial charge on any atom is -0.481 e. The molecule has 1 unspecified atom stereocenters. The van der Waals surface area contributed by atoms with Gasteiger partial charge in [0.1, 0.15) is 12.4 Å². The van der Waals surface area contributed by atoms with Crippen molar-refractivity contribution in [2.24, 2.45) is 22.0 Å². The molecule has 2 aliphatic heterocycles. The van der Waals surface area contributed by atoms with Crippen molar-refractivity contribution in [3.8, 4) is 0 Å². The molecule has 19 heteroatoms. The fourth-order valence-corrected chi connectivity index (χ4v) is 6.49. The van der Waals surface area contributed by atoms with Gasteiger partial charge in [0, 0.05) is 58.3 Å². The predicted octanol–water partition coefficient (Wildman–Crippen LogP) is -2.25. The summed E-state index contributed by atoms with van der Waals surface area (Å²) < 4.78 is 35.2. The maximum Gasteiger partial charge on any atom is 0.303 e. The topological polar surface area (TPSA) is 245 Å². The van der Waals surface area contributed by atoms with Gasteiger partial charge in [0.05, 0.1) is 19.6 Å². The third kappa shape index (κ3) is 11.3. The van der Waals surface area contributed by atoms with Crippen molar-refractivity contribution in [3.05, 3.63) is 4.91 Å². The van der Waals surface area contributed by atoms with Crippen molar-refractivity contribution >= 4 is 40.2 Å². The van der Waals surface area contributed by atoms with Gasteiger partial charge < -0.3 is 36.1 Å². The van der Waals surface area contributed by atoms with E-state index in [1.54, 1.807) is 6.34 Å². The highest BCUT2D eigenvalue weighted by molar-refractivity contribution is 7.87. The average molecular weight is 646 g/mol. The lowest BCUT2D eigenvalue weighted by atomic mass is 9.98. The van der Waals surface area contributed by atoms with E-state index < -0.39 is 58.8 Å². The Labute approximate surface area is 256 Å². The number of likely N-dealkylation sites (tertiary alicyclic amines) is 1. The lowest BCUT2D eigenvalue weighted by molar-refractivity contribution is -0.137. The number of hydrogen-bond acceptors (Lipinski definition) is 11. The molecule has 1 saturated carbocycles. The standard InChI is InChI=1S/C25H43N9O9S/c26-29-17-32-8-1-2-18(16-32)15-28-22(35)14-21(31-44(41,42)33-10-12-43-13-11-33)25(39)34(19-3-4-19)9-7-27-24(38)20(30-40)5-6-23(36)37/h17-21,31H,1-16,26H2,(H,27,38)(H,28,35)(H,36,37)/t18-,20?,21-/m0/s1. The molecule has 0 aromatic carbocycles. The van der Waals surface area contributed by atoms with Crippen LogP contribution in [-0.2, 0) is 34.1 Å². The van der Waals surface area contributed by atoms with Crippen molar-refractivity contribution < 1.29 is 37.4 Å². The number of carbonyl (C=O) groups excluding carboxylic acids is 3. The summed E-state index contributed by atoms with van der Waals surface area (Å²) in [5.41, 5.74) is 0. The zero-order valence-electron chi connectivity index (χ0n) is 24.6. The van der Waals surface area contributed by atoms with Gasteiger partial charge in [-0.1, -0.05) is 5.18 Å². The van der Waals surface area contributed by atoms with E-state index in [0.717, 1.165) is 23.7 Å². The monoisotopic (exact) mass is 645 g/mol. The minimum absolute atomic E-state index is 0.0161. The number of carbonyl (C=O) groups is 4. The molecule has 3 atom stereocenters. The van der Waals surface area contributed by atoms with E-state index in [1.807, 2.05) is 4.90 Å². The minimum atomic E-state index is -4.15. The number of nitrogens with zero attached hydrogens (tertiary/aromatic N) is 5. The molecule has 0 aromatic heterocycles. The number of nitrogens with two attached hydrogens (primary N) is 1. The zero-order chi connectivity index (χ0) is 32.1. The Hall–Kier alpha value is -3.42.